The Morgan fingerprint density at radius 1 is 1.10 bits per heavy atom. The van der Waals surface area contributed by atoms with Crippen LogP contribution in [0.1, 0.15) is 48.3 Å². The van der Waals surface area contributed by atoms with Gasteiger partial charge in [-0.15, -0.1) is 0 Å². The van der Waals surface area contributed by atoms with E-state index in [4.69, 9.17) is 9.26 Å². The Hall–Kier alpha value is -3.12. The molecule has 0 saturated carbocycles. The van der Waals surface area contributed by atoms with Gasteiger partial charge in [-0.05, 0) is 62.7 Å². The van der Waals surface area contributed by atoms with Crippen LogP contribution in [0.2, 0.25) is 0 Å². The molecule has 1 aliphatic rings. The second-order valence-corrected chi connectivity index (χ2v) is 7.77. The molecule has 4 rings (SSSR count). The van der Waals surface area contributed by atoms with E-state index < -0.39 is 0 Å². The van der Waals surface area contributed by atoms with Crippen LogP contribution < -0.4 is 10.1 Å². The highest BCUT2D eigenvalue weighted by molar-refractivity contribution is 5.93. The lowest BCUT2D eigenvalue weighted by atomic mass is 10.0. The van der Waals surface area contributed by atoms with Gasteiger partial charge in [0.2, 0.25) is 0 Å². The van der Waals surface area contributed by atoms with E-state index in [9.17, 15) is 4.79 Å². The first-order valence-electron chi connectivity index (χ1n) is 11.0. The summed E-state index contributed by atoms with van der Waals surface area (Å²) in [5.41, 5.74) is 2.36. The molecule has 0 bridgehead atoms. The van der Waals surface area contributed by atoms with E-state index >= 15 is 0 Å². The van der Waals surface area contributed by atoms with Crippen molar-refractivity contribution in [3.8, 4) is 17.1 Å². The first-order valence-corrected chi connectivity index (χ1v) is 11.0. The second kappa shape index (κ2) is 10.3. The molecule has 31 heavy (non-hydrogen) atoms. The Labute approximate surface area is 183 Å². The van der Waals surface area contributed by atoms with E-state index in [1.807, 2.05) is 37.3 Å². The number of ether oxygens (including phenoxy) is 1. The predicted octanol–water partition coefficient (Wildman–Crippen LogP) is 4.70. The average Bonchev–Trinajstić information content (AvgIpc) is 3.32. The molecule has 2 aromatic carbocycles. The molecule has 0 spiro atoms. The number of aromatic nitrogens is 1. The zero-order valence-corrected chi connectivity index (χ0v) is 17.9. The van der Waals surface area contributed by atoms with Crippen molar-refractivity contribution in [3.63, 3.8) is 0 Å². The van der Waals surface area contributed by atoms with Crippen LogP contribution in [0.3, 0.4) is 0 Å². The number of hydrogen-bond acceptors (Lipinski definition) is 5. The Kier molecular flexibility index (Phi) is 6.99. The molecule has 0 radical (unpaired) electrons. The van der Waals surface area contributed by atoms with Gasteiger partial charge < -0.3 is 14.6 Å². The van der Waals surface area contributed by atoms with Gasteiger partial charge in [0.25, 0.3) is 5.91 Å². The zero-order chi connectivity index (χ0) is 21.5. The Morgan fingerprint density at radius 2 is 1.84 bits per heavy atom. The number of likely N-dealkylation sites (tertiary alicyclic amines) is 1. The average molecular weight is 420 g/mol. The Morgan fingerprint density at radius 3 is 2.55 bits per heavy atom. The molecular weight excluding hydrogens is 390 g/mol. The summed E-state index contributed by atoms with van der Waals surface area (Å²) in [7, 11) is 0. The number of piperidine rings is 1. The fourth-order valence-corrected chi connectivity index (χ4v) is 4.04. The summed E-state index contributed by atoms with van der Waals surface area (Å²) in [6.07, 6.45) is 3.68. The first kappa shape index (κ1) is 21.1. The maximum absolute atomic E-state index is 12.8. The van der Waals surface area contributed by atoms with Gasteiger partial charge in [0.05, 0.1) is 12.6 Å². The van der Waals surface area contributed by atoms with Crippen LogP contribution in [0.5, 0.6) is 5.75 Å². The lowest BCUT2D eigenvalue weighted by molar-refractivity contribution is 0.0915. The first-order chi connectivity index (χ1) is 15.2. The summed E-state index contributed by atoms with van der Waals surface area (Å²) in [4.78, 5) is 15.2. The molecule has 1 saturated heterocycles. The molecule has 1 amide bonds. The van der Waals surface area contributed by atoms with E-state index in [1.54, 1.807) is 6.07 Å². The number of nitrogens with one attached hydrogen (secondary N) is 1. The fraction of sp³-hybridized carbons (Fsp3) is 0.360. The molecule has 6 heteroatoms. The quantitative estimate of drug-likeness (QED) is 0.573. The monoisotopic (exact) mass is 419 g/mol. The van der Waals surface area contributed by atoms with E-state index in [-0.39, 0.29) is 17.6 Å². The Bertz CT molecular complexity index is 963. The predicted molar refractivity (Wildman–Crippen MR) is 120 cm³/mol. The maximum Gasteiger partial charge on any atom is 0.273 e. The number of hydrogen-bond donors (Lipinski definition) is 1. The van der Waals surface area contributed by atoms with Crippen LogP contribution in [0.25, 0.3) is 11.3 Å². The highest BCUT2D eigenvalue weighted by Gasteiger charge is 2.23. The van der Waals surface area contributed by atoms with Crippen LogP contribution in [0.15, 0.2) is 65.2 Å². The van der Waals surface area contributed by atoms with E-state index in [0.29, 0.717) is 18.9 Å². The van der Waals surface area contributed by atoms with Gasteiger partial charge in [0, 0.05) is 18.2 Å². The van der Waals surface area contributed by atoms with Crippen LogP contribution in [-0.2, 0) is 0 Å². The van der Waals surface area contributed by atoms with Gasteiger partial charge in [0.15, 0.2) is 11.5 Å². The highest BCUT2D eigenvalue weighted by Crippen LogP contribution is 2.25. The van der Waals surface area contributed by atoms with Crippen molar-refractivity contribution in [1.29, 1.82) is 0 Å². The summed E-state index contributed by atoms with van der Waals surface area (Å²) >= 11 is 0. The lowest BCUT2D eigenvalue weighted by Crippen LogP contribution is -2.40. The molecule has 1 aromatic heterocycles. The molecule has 1 N–H and O–H groups in total. The molecule has 0 aliphatic carbocycles. The minimum atomic E-state index is -0.223. The topological polar surface area (TPSA) is 67.6 Å². The number of carbonyl (C=O) groups is 1. The van der Waals surface area contributed by atoms with Crippen LogP contribution in [0, 0.1) is 0 Å². The summed E-state index contributed by atoms with van der Waals surface area (Å²) in [5.74, 6) is 1.14. The standard InChI is InChI=1S/C25H29N3O3/c1-2-30-21-13-11-20(12-14-21)24-17-22(27-31-24)25(29)26-18-23(19-9-5-3-6-10-19)28-15-7-4-8-16-28/h3,5-6,9-14,17,23H,2,4,7-8,15-16,18H2,1H3,(H,26,29)/t23-/m1/s1. The minimum Gasteiger partial charge on any atom is -0.494 e. The van der Waals surface area contributed by atoms with Gasteiger partial charge in [0.1, 0.15) is 5.75 Å². The minimum absolute atomic E-state index is 0.155. The number of nitrogens with zero attached hydrogens (tertiary/aromatic N) is 2. The molecule has 1 atom stereocenters. The molecule has 162 valence electrons. The Balaban J connectivity index is 1.42. The van der Waals surface area contributed by atoms with Gasteiger partial charge in [-0.25, -0.2) is 0 Å². The van der Waals surface area contributed by atoms with E-state index in [1.165, 1.54) is 24.8 Å². The van der Waals surface area contributed by atoms with E-state index in [0.717, 1.165) is 24.4 Å². The second-order valence-electron chi connectivity index (χ2n) is 7.77. The van der Waals surface area contributed by atoms with Gasteiger partial charge >= 0.3 is 0 Å². The number of benzene rings is 2. The van der Waals surface area contributed by atoms with Crippen LogP contribution >= 0.6 is 0 Å². The van der Waals surface area contributed by atoms with Crippen molar-refractivity contribution in [2.24, 2.45) is 0 Å². The van der Waals surface area contributed by atoms with E-state index in [2.05, 4.69) is 39.6 Å². The highest BCUT2D eigenvalue weighted by atomic mass is 16.5. The van der Waals surface area contributed by atoms with Crippen molar-refractivity contribution < 1.29 is 14.1 Å². The molecule has 3 aromatic rings. The molecule has 1 fully saturated rings. The van der Waals surface area contributed by atoms with Crippen molar-refractivity contribution in [2.45, 2.75) is 32.2 Å². The third kappa shape index (κ3) is 5.33. The largest absolute Gasteiger partial charge is 0.494 e. The van der Waals surface area contributed by atoms with Gasteiger partial charge in [-0.3, -0.25) is 9.69 Å². The molecular formula is C25H29N3O3. The van der Waals surface area contributed by atoms with Gasteiger partial charge in [-0.2, -0.15) is 0 Å². The summed E-state index contributed by atoms with van der Waals surface area (Å²) in [5, 5.41) is 7.04. The fourth-order valence-electron chi connectivity index (χ4n) is 4.04. The van der Waals surface area contributed by atoms with Crippen LogP contribution in [-0.4, -0.2) is 42.2 Å². The molecule has 6 nitrogen and oxygen atoms in total. The summed E-state index contributed by atoms with van der Waals surface area (Å²) < 4.78 is 10.9. The number of amides is 1. The maximum atomic E-state index is 12.8. The van der Waals surface area contributed by atoms with Crippen molar-refractivity contribution in [1.82, 2.24) is 15.4 Å². The van der Waals surface area contributed by atoms with Crippen molar-refractivity contribution in [2.75, 3.05) is 26.2 Å². The molecule has 1 aliphatic heterocycles. The van der Waals surface area contributed by atoms with Crippen LogP contribution in [0.4, 0.5) is 0 Å². The normalized spacial score (nSPS) is 15.4. The lowest BCUT2D eigenvalue weighted by Gasteiger charge is -2.35. The molecule has 0 unspecified atom stereocenters. The molecule has 2 heterocycles. The number of rotatable bonds is 8. The smallest absolute Gasteiger partial charge is 0.273 e. The summed E-state index contributed by atoms with van der Waals surface area (Å²) in [6, 6.07) is 19.8. The zero-order valence-electron chi connectivity index (χ0n) is 17.9. The van der Waals surface area contributed by atoms with Crippen molar-refractivity contribution >= 4 is 5.91 Å². The SMILES string of the molecule is CCOc1ccc(-c2cc(C(=O)NC[C@H](c3ccccc3)N3CCCCC3)no2)cc1. The third-order valence-electron chi connectivity index (χ3n) is 5.66. The van der Waals surface area contributed by atoms with Gasteiger partial charge in [-0.1, -0.05) is 41.9 Å². The summed E-state index contributed by atoms with van der Waals surface area (Å²) in [6.45, 7) is 5.22. The number of carbonyl (C=O) groups excluding carboxylic acids is 1. The van der Waals surface area contributed by atoms with Crippen molar-refractivity contribution in [3.05, 3.63) is 71.9 Å². The third-order valence-corrected chi connectivity index (χ3v) is 5.66.